The number of H-pyrrole nitrogens is 1. The first-order valence-corrected chi connectivity index (χ1v) is 4.81. The smallest absolute Gasteiger partial charge is 0.132 e. The molecule has 0 aliphatic carbocycles. The Hall–Kier alpha value is -1.06. The second kappa shape index (κ2) is 4.44. The van der Waals surface area contributed by atoms with E-state index < -0.39 is 37.1 Å². The van der Waals surface area contributed by atoms with Crippen LogP contribution in [0.3, 0.4) is 0 Å². The lowest BCUT2D eigenvalue weighted by Crippen LogP contribution is -2.55. The van der Waals surface area contributed by atoms with Gasteiger partial charge in [-0.1, -0.05) is 0 Å². The van der Waals surface area contributed by atoms with Gasteiger partial charge >= 0.3 is 0 Å². The molecule has 0 spiro atoms. The molecule has 1 aromatic rings. The van der Waals surface area contributed by atoms with Crippen LogP contribution >= 0.6 is 0 Å². The summed E-state index contributed by atoms with van der Waals surface area (Å²) in [5.74, 6) is 0. The highest BCUT2D eigenvalue weighted by Gasteiger charge is 2.44. The zero-order valence-electron chi connectivity index (χ0n) is 8.26. The van der Waals surface area contributed by atoms with Gasteiger partial charge in [-0.3, -0.25) is 0 Å². The molecular weight excluding hydrogens is 218 g/mol. The Kier molecular flexibility index (Phi) is 3.17. The van der Waals surface area contributed by atoms with Crippen LogP contribution in [-0.2, 0) is 4.74 Å². The zero-order chi connectivity index (χ0) is 11.7. The molecule has 5 N–H and O–H groups in total. The lowest BCUT2D eigenvalue weighted by atomic mass is 9.94. The maximum absolute atomic E-state index is 9.69. The minimum absolute atomic E-state index is 0.303. The second-order valence-electron chi connectivity index (χ2n) is 3.64. The Morgan fingerprint density at radius 2 is 2.00 bits per heavy atom. The van der Waals surface area contributed by atoms with Gasteiger partial charge in [0.25, 0.3) is 0 Å². The van der Waals surface area contributed by atoms with Crippen LogP contribution in [0.15, 0.2) is 6.20 Å². The summed E-state index contributed by atoms with van der Waals surface area (Å²) < 4.78 is 5.24. The largest absolute Gasteiger partial charge is 0.394 e. The SMILES string of the molecule is OC[C@H]1OC(c2cn[nH]n2)[C@H](O)[C@@H](O)[C@@H]1O. The van der Waals surface area contributed by atoms with Crippen LogP contribution in [0.5, 0.6) is 0 Å². The predicted octanol–water partition coefficient (Wildman–Crippen LogP) is -2.68. The van der Waals surface area contributed by atoms with E-state index in [0.29, 0.717) is 5.69 Å². The summed E-state index contributed by atoms with van der Waals surface area (Å²) in [7, 11) is 0. The molecule has 0 aromatic carbocycles. The van der Waals surface area contributed by atoms with Gasteiger partial charge in [0.15, 0.2) is 0 Å². The summed E-state index contributed by atoms with van der Waals surface area (Å²) in [5, 5.41) is 47.3. The molecule has 8 heteroatoms. The van der Waals surface area contributed by atoms with E-state index in [9.17, 15) is 15.3 Å². The van der Waals surface area contributed by atoms with E-state index in [1.54, 1.807) is 0 Å². The third-order valence-corrected chi connectivity index (χ3v) is 2.62. The minimum atomic E-state index is -1.40. The number of aromatic amines is 1. The van der Waals surface area contributed by atoms with Crippen molar-refractivity contribution in [2.75, 3.05) is 6.61 Å². The molecule has 1 aliphatic heterocycles. The highest BCUT2D eigenvalue weighted by molar-refractivity contribution is 5.05. The van der Waals surface area contributed by atoms with Crippen molar-refractivity contribution in [2.45, 2.75) is 30.5 Å². The summed E-state index contributed by atoms with van der Waals surface area (Å²) in [6.07, 6.45) is -4.58. The number of aliphatic hydroxyl groups excluding tert-OH is 4. The fourth-order valence-electron chi connectivity index (χ4n) is 1.69. The first-order valence-electron chi connectivity index (χ1n) is 4.81. The molecule has 2 rings (SSSR count). The van der Waals surface area contributed by atoms with Crippen LogP contribution in [0.4, 0.5) is 0 Å². The van der Waals surface area contributed by atoms with Crippen molar-refractivity contribution in [1.82, 2.24) is 15.4 Å². The fraction of sp³-hybridized carbons (Fsp3) is 0.750. The highest BCUT2D eigenvalue weighted by atomic mass is 16.5. The van der Waals surface area contributed by atoms with E-state index in [1.807, 2.05) is 0 Å². The van der Waals surface area contributed by atoms with Gasteiger partial charge in [-0.25, -0.2) is 0 Å². The third-order valence-electron chi connectivity index (χ3n) is 2.62. The van der Waals surface area contributed by atoms with Crippen molar-refractivity contribution in [3.05, 3.63) is 11.9 Å². The molecule has 0 saturated carbocycles. The van der Waals surface area contributed by atoms with Gasteiger partial charge < -0.3 is 25.2 Å². The summed E-state index contributed by atoms with van der Waals surface area (Å²) in [6, 6.07) is 0. The van der Waals surface area contributed by atoms with E-state index >= 15 is 0 Å². The van der Waals surface area contributed by atoms with Gasteiger partial charge in [-0.15, -0.1) is 0 Å². The van der Waals surface area contributed by atoms with Gasteiger partial charge in [0, 0.05) is 0 Å². The molecule has 1 saturated heterocycles. The van der Waals surface area contributed by atoms with Crippen molar-refractivity contribution in [2.24, 2.45) is 0 Å². The van der Waals surface area contributed by atoms with E-state index in [4.69, 9.17) is 9.84 Å². The number of nitrogens with one attached hydrogen (secondary N) is 1. The van der Waals surface area contributed by atoms with Crippen LogP contribution in [0.2, 0.25) is 0 Å². The van der Waals surface area contributed by atoms with Crippen molar-refractivity contribution >= 4 is 0 Å². The normalized spacial score (nSPS) is 39.9. The van der Waals surface area contributed by atoms with Crippen LogP contribution in [0.25, 0.3) is 0 Å². The molecule has 0 amide bonds. The molecule has 5 atom stereocenters. The summed E-state index contributed by atoms with van der Waals surface area (Å²) in [6.45, 7) is -0.459. The molecule has 16 heavy (non-hydrogen) atoms. The van der Waals surface area contributed by atoms with Crippen LogP contribution in [-0.4, -0.2) is 66.9 Å². The van der Waals surface area contributed by atoms with E-state index in [2.05, 4.69) is 15.4 Å². The first kappa shape index (κ1) is 11.4. The van der Waals surface area contributed by atoms with Crippen LogP contribution in [0.1, 0.15) is 11.8 Å². The number of hydrogen-bond donors (Lipinski definition) is 5. The molecule has 1 unspecified atom stereocenters. The average molecular weight is 231 g/mol. The molecule has 1 aromatic heterocycles. The van der Waals surface area contributed by atoms with Crippen molar-refractivity contribution < 1.29 is 25.2 Å². The topological polar surface area (TPSA) is 132 Å². The number of nitrogens with zero attached hydrogens (tertiary/aromatic N) is 2. The Morgan fingerprint density at radius 1 is 1.25 bits per heavy atom. The molecule has 0 bridgehead atoms. The fourth-order valence-corrected chi connectivity index (χ4v) is 1.69. The summed E-state index contributed by atoms with van der Waals surface area (Å²) in [5.41, 5.74) is 0.303. The van der Waals surface area contributed by atoms with Crippen LogP contribution in [0, 0.1) is 0 Å². The Morgan fingerprint density at radius 3 is 2.56 bits per heavy atom. The number of rotatable bonds is 2. The molecule has 0 radical (unpaired) electrons. The van der Waals surface area contributed by atoms with Gasteiger partial charge in [0.1, 0.15) is 36.2 Å². The highest BCUT2D eigenvalue weighted by Crippen LogP contribution is 2.30. The minimum Gasteiger partial charge on any atom is -0.394 e. The predicted molar refractivity (Wildman–Crippen MR) is 49.1 cm³/mol. The van der Waals surface area contributed by atoms with Crippen molar-refractivity contribution in [3.63, 3.8) is 0 Å². The van der Waals surface area contributed by atoms with Gasteiger partial charge in [-0.05, 0) is 0 Å². The van der Waals surface area contributed by atoms with E-state index in [0.717, 1.165) is 0 Å². The standard InChI is InChI=1S/C8H13N3O5/c12-2-4-5(13)6(14)7(15)8(16-4)3-1-9-11-10-3/h1,4-8,12-15H,2H2,(H,9,10,11)/t4-,5-,6+,7-,8?/m1/s1. The lowest BCUT2D eigenvalue weighted by molar-refractivity contribution is -0.232. The van der Waals surface area contributed by atoms with Crippen LogP contribution < -0.4 is 0 Å². The Labute approximate surface area is 90.5 Å². The molecule has 1 aliphatic rings. The van der Waals surface area contributed by atoms with Crippen molar-refractivity contribution in [1.29, 1.82) is 0 Å². The quantitative estimate of drug-likeness (QED) is 0.374. The van der Waals surface area contributed by atoms with Gasteiger partial charge in [-0.2, -0.15) is 15.4 Å². The lowest BCUT2D eigenvalue weighted by Gasteiger charge is -2.39. The number of hydrogen-bond acceptors (Lipinski definition) is 7. The maximum atomic E-state index is 9.69. The number of aromatic nitrogens is 3. The van der Waals surface area contributed by atoms with E-state index in [1.165, 1.54) is 6.20 Å². The second-order valence-corrected chi connectivity index (χ2v) is 3.64. The Bertz CT molecular complexity index is 330. The summed E-state index contributed by atoms with van der Waals surface area (Å²) >= 11 is 0. The third kappa shape index (κ3) is 1.81. The monoisotopic (exact) mass is 231 g/mol. The zero-order valence-corrected chi connectivity index (χ0v) is 8.26. The molecule has 2 heterocycles. The Balaban J connectivity index is 2.20. The maximum Gasteiger partial charge on any atom is 0.132 e. The van der Waals surface area contributed by atoms with Crippen molar-refractivity contribution in [3.8, 4) is 0 Å². The first-order chi connectivity index (χ1) is 7.65. The molecular formula is C8H13N3O5. The number of aliphatic hydroxyl groups is 4. The summed E-state index contributed by atoms with van der Waals surface area (Å²) in [4.78, 5) is 0. The average Bonchev–Trinajstić information content (AvgIpc) is 2.80. The number of ether oxygens (including phenoxy) is 1. The van der Waals surface area contributed by atoms with Gasteiger partial charge in [0.2, 0.25) is 0 Å². The molecule has 8 nitrogen and oxygen atoms in total. The van der Waals surface area contributed by atoms with Gasteiger partial charge in [0.05, 0.1) is 12.8 Å². The van der Waals surface area contributed by atoms with E-state index in [-0.39, 0.29) is 0 Å². The molecule has 1 fully saturated rings. The molecule has 90 valence electrons.